The molecule has 0 bridgehead atoms. The van der Waals surface area contributed by atoms with Gasteiger partial charge in [0.2, 0.25) is 0 Å². The fourth-order valence-corrected chi connectivity index (χ4v) is 3.44. The van der Waals surface area contributed by atoms with Gasteiger partial charge in [-0.3, -0.25) is 0 Å². The number of furan rings is 1. The van der Waals surface area contributed by atoms with E-state index in [0.29, 0.717) is 18.3 Å². The van der Waals surface area contributed by atoms with Gasteiger partial charge in [0.05, 0.1) is 12.6 Å². The lowest BCUT2D eigenvalue weighted by atomic mass is 9.96. The van der Waals surface area contributed by atoms with Crippen molar-refractivity contribution >= 4 is 5.96 Å². The summed E-state index contributed by atoms with van der Waals surface area (Å²) < 4.78 is 7.51. The fraction of sp³-hybridized carbons (Fsp3) is 0.435. The first-order valence-electron chi connectivity index (χ1n) is 10.4. The zero-order valence-corrected chi connectivity index (χ0v) is 19.1. The standard InChI is InChI=1S/C23H32N6O2/c1-15-12-20(17(3)31-15)23(5,30)14-25-22(24-13-21-28-27-18(4)29(21)6)26-16(2)19-10-8-7-9-11-19/h7-12,16,30H,13-14H2,1-6H3,(H2,24,25,26). The van der Waals surface area contributed by atoms with Crippen LogP contribution in [0.25, 0.3) is 0 Å². The maximum atomic E-state index is 11.1. The molecule has 0 aliphatic rings. The number of aliphatic imine (C=N–C) groups is 1. The average molecular weight is 425 g/mol. The van der Waals surface area contributed by atoms with Crippen LogP contribution in [-0.4, -0.2) is 32.4 Å². The maximum Gasteiger partial charge on any atom is 0.192 e. The third kappa shape index (κ3) is 5.52. The molecule has 8 nitrogen and oxygen atoms in total. The number of aromatic nitrogens is 3. The first-order chi connectivity index (χ1) is 14.7. The van der Waals surface area contributed by atoms with Crippen LogP contribution < -0.4 is 10.6 Å². The predicted molar refractivity (Wildman–Crippen MR) is 121 cm³/mol. The van der Waals surface area contributed by atoms with Gasteiger partial charge in [0, 0.05) is 12.6 Å². The Kier molecular flexibility index (Phi) is 6.80. The summed E-state index contributed by atoms with van der Waals surface area (Å²) in [5, 5.41) is 26.1. The van der Waals surface area contributed by atoms with Crippen molar-refractivity contribution in [3.63, 3.8) is 0 Å². The second kappa shape index (κ2) is 9.34. The molecule has 2 heterocycles. The van der Waals surface area contributed by atoms with E-state index >= 15 is 0 Å². The molecule has 2 aromatic heterocycles. The van der Waals surface area contributed by atoms with E-state index in [-0.39, 0.29) is 12.6 Å². The highest BCUT2D eigenvalue weighted by molar-refractivity contribution is 5.80. The normalized spacial score (nSPS) is 14.9. The highest BCUT2D eigenvalue weighted by Crippen LogP contribution is 2.26. The minimum Gasteiger partial charge on any atom is -0.466 e. The van der Waals surface area contributed by atoms with Crippen molar-refractivity contribution in [1.29, 1.82) is 0 Å². The topological polar surface area (TPSA) is 101 Å². The number of aliphatic hydroxyl groups is 1. The fourth-order valence-electron chi connectivity index (χ4n) is 3.44. The smallest absolute Gasteiger partial charge is 0.192 e. The Morgan fingerprint density at radius 2 is 1.94 bits per heavy atom. The number of nitrogens with one attached hydrogen (secondary N) is 2. The molecule has 1 aromatic carbocycles. The van der Waals surface area contributed by atoms with Crippen molar-refractivity contribution in [3.05, 3.63) is 70.7 Å². The molecule has 2 atom stereocenters. The van der Waals surface area contributed by atoms with E-state index in [0.717, 1.165) is 28.5 Å². The molecule has 2 unspecified atom stereocenters. The van der Waals surface area contributed by atoms with Gasteiger partial charge in [-0.15, -0.1) is 10.2 Å². The van der Waals surface area contributed by atoms with Crippen LogP contribution in [0.2, 0.25) is 0 Å². The Labute approximate surface area is 183 Å². The van der Waals surface area contributed by atoms with Gasteiger partial charge >= 0.3 is 0 Å². The van der Waals surface area contributed by atoms with Gasteiger partial charge in [0.15, 0.2) is 11.8 Å². The van der Waals surface area contributed by atoms with Gasteiger partial charge in [-0.05, 0) is 46.2 Å². The molecule has 0 aliphatic heterocycles. The Morgan fingerprint density at radius 3 is 2.52 bits per heavy atom. The highest BCUT2D eigenvalue weighted by Gasteiger charge is 2.28. The molecule has 8 heteroatoms. The van der Waals surface area contributed by atoms with E-state index in [1.165, 1.54) is 0 Å². The summed E-state index contributed by atoms with van der Waals surface area (Å²) in [6, 6.07) is 12.0. The quantitative estimate of drug-likeness (QED) is 0.398. The zero-order chi connectivity index (χ0) is 22.6. The predicted octanol–water partition coefficient (Wildman–Crippen LogP) is 3.04. The molecule has 0 spiro atoms. The summed E-state index contributed by atoms with van der Waals surface area (Å²) in [6.45, 7) is 10.1. The monoisotopic (exact) mass is 424 g/mol. The summed E-state index contributed by atoms with van der Waals surface area (Å²) >= 11 is 0. The van der Waals surface area contributed by atoms with Crippen molar-refractivity contribution in [2.75, 3.05) is 6.54 Å². The summed E-state index contributed by atoms with van der Waals surface area (Å²) in [5.41, 5.74) is 0.776. The number of benzene rings is 1. The van der Waals surface area contributed by atoms with Crippen LogP contribution in [0.15, 0.2) is 45.8 Å². The van der Waals surface area contributed by atoms with Crippen molar-refractivity contribution in [3.8, 4) is 0 Å². The molecular weight excluding hydrogens is 392 g/mol. The second-order valence-corrected chi connectivity index (χ2v) is 8.12. The van der Waals surface area contributed by atoms with E-state index in [1.807, 2.05) is 56.7 Å². The van der Waals surface area contributed by atoms with Crippen LogP contribution >= 0.6 is 0 Å². The van der Waals surface area contributed by atoms with E-state index < -0.39 is 5.60 Å². The molecule has 0 amide bonds. The van der Waals surface area contributed by atoms with Gasteiger partial charge in [0.25, 0.3) is 0 Å². The van der Waals surface area contributed by atoms with E-state index in [4.69, 9.17) is 9.41 Å². The summed E-state index contributed by atoms with van der Waals surface area (Å²) in [5.74, 6) is 3.66. The van der Waals surface area contributed by atoms with Gasteiger partial charge in [-0.1, -0.05) is 30.3 Å². The molecule has 3 aromatic rings. The Bertz CT molecular complexity index is 1040. The van der Waals surface area contributed by atoms with Gasteiger partial charge < -0.3 is 24.7 Å². The maximum absolute atomic E-state index is 11.1. The molecule has 0 saturated carbocycles. The number of hydrogen-bond acceptors (Lipinski definition) is 5. The third-order valence-electron chi connectivity index (χ3n) is 5.44. The molecule has 0 radical (unpaired) electrons. The molecule has 3 N–H and O–H groups in total. The van der Waals surface area contributed by atoms with Crippen LogP contribution in [0, 0.1) is 20.8 Å². The Balaban J connectivity index is 1.78. The summed E-state index contributed by atoms with van der Waals surface area (Å²) in [7, 11) is 1.92. The largest absolute Gasteiger partial charge is 0.466 e. The minimum atomic E-state index is -1.12. The van der Waals surface area contributed by atoms with Crippen molar-refractivity contribution in [2.24, 2.45) is 12.0 Å². The van der Waals surface area contributed by atoms with Crippen molar-refractivity contribution < 1.29 is 9.52 Å². The molecule has 166 valence electrons. The molecule has 0 saturated heterocycles. The molecule has 0 aliphatic carbocycles. The second-order valence-electron chi connectivity index (χ2n) is 8.12. The zero-order valence-electron chi connectivity index (χ0n) is 19.1. The number of nitrogens with zero attached hydrogens (tertiary/aromatic N) is 4. The Morgan fingerprint density at radius 1 is 1.23 bits per heavy atom. The van der Waals surface area contributed by atoms with Crippen LogP contribution in [0.5, 0.6) is 0 Å². The lowest BCUT2D eigenvalue weighted by molar-refractivity contribution is 0.0601. The van der Waals surface area contributed by atoms with Gasteiger partial charge in [0.1, 0.15) is 29.5 Å². The molecule has 31 heavy (non-hydrogen) atoms. The minimum absolute atomic E-state index is 0.0246. The average Bonchev–Trinajstić information content (AvgIpc) is 3.26. The number of hydrogen-bond donors (Lipinski definition) is 3. The van der Waals surface area contributed by atoms with Crippen molar-refractivity contribution in [2.45, 2.75) is 52.8 Å². The Hall–Kier alpha value is -3.13. The molecular formula is C23H32N6O2. The first-order valence-corrected chi connectivity index (χ1v) is 10.4. The van der Waals surface area contributed by atoms with E-state index in [9.17, 15) is 5.11 Å². The van der Waals surface area contributed by atoms with Gasteiger partial charge in [-0.2, -0.15) is 0 Å². The van der Waals surface area contributed by atoms with Crippen LogP contribution in [0.1, 0.15) is 54.2 Å². The molecule has 0 fully saturated rings. The SMILES string of the molecule is Cc1cc(C(C)(O)CNC(=NCc2nnc(C)n2C)NC(C)c2ccccc2)c(C)o1. The summed E-state index contributed by atoms with van der Waals surface area (Å²) in [4.78, 5) is 4.69. The first kappa shape index (κ1) is 22.6. The van der Waals surface area contributed by atoms with E-state index in [1.54, 1.807) is 6.92 Å². The summed E-state index contributed by atoms with van der Waals surface area (Å²) in [6.07, 6.45) is 0. The number of guanidine groups is 1. The lowest BCUT2D eigenvalue weighted by Crippen LogP contribution is -2.45. The van der Waals surface area contributed by atoms with Crippen molar-refractivity contribution in [1.82, 2.24) is 25.4 Å². The number of aryl methyl sites for hydroxylation is 3. The lowest BCUT2D eigenvalue weighted by Gasteiger charge is -2.26. The highest BCUT2D eigenvalue weighted by atomic mass is 16.3. The van der Waals surface area contributed by atoms with Gasteiger partial charge in [-0.25, -0.2) is 4.99 Å². The number of rotatable bonds is 7. The third-order valence-corrected chi connectivity index (χ3v) is 5.44. The molecule has 3 rings (SSSR count). The van der Waals surface area contributed by atoms with E-state index in [2.05, 4.69) is 39.9 Å². The van der Waals surface area contributed by atoms with Crippen LogP contribution in [0.3, 0.4) is 0 Å². The van der Waals surface area contributed by atoms with Crippen LogP contribution in [-0.2, 0) is 19.2 Å². The van der Waals surface area contributed by atoms with Crippen LogP contribution in [0.4, 0.5) is 0 Å².